The van der Waals surface area contributed by atoms with Crippen LogP contribution < -0.4 is 15.5 Å². The van der Waals surface area contributed by atoms with Crippen LogP contribution in [0.4, 0.5) is 0 Å². The van der Waals surface area contributed by atoms with Crippen molar-refractivity contribution in [3.63, 3.8) is 0 Å². The SMILES string of the molecule is CCOc1ncccc1CNC(=O)Cn1ncc(=O)c2ccccc21. The normalized spacial score (nSPS) is 10.6. The maximum Gasteiger partial charge on any atom is 0.242 e. The molecule has 0 fully saturated rings. The van der Waals surface area contributed by atoms with Gasteiger partial charge in [0, 0.05) is 23.7 Å². The zero-order valence-corrected chi connectivity index (χ0v) is 13.8. The highest BCUT2D eigenvalue weighted by Gasteiger charge is 2.10. The molecule has 0 radical (unpaired) electrons. The van der Waals surface area contributed by atoms with Crippen molar-refractivity contribution in [2.45, 2.75) is 20.0 Å². The van der Waals surface area contributed by atoms with Crippen molar-refractivity contribution in [1.82, 2.24) is 20.1 Å². The summed E-state index contributed by atoms with van der Waals surface area (Å²) in [7, 11) is 0. The average Bonchev–Trinajstić information content (AvgIpc) is 2.64. The number of nitrogens with one attached hydrogen (secondary N) is 1. The second kappa shape index (κ2) is 7.57. The van der Waals surface area contributed by atoms with E-state index < -0.39 is 0 Å². The second-order valence-corrected chi connectivity index (χ2v) is 5.36. The molecule has 25 heavy (non-hydrogen) atoms. The first-order valence-electron chi connectivity index (χ1n) is 7.97. The van der Waals surface area contributed by atoms with E-state index in [0.29, 0.717) is 29.9 Å². The predicted octanol–water partition coefficient (Wildman–Crippen LogP) is 1.51. The zero-order chi connectivity index (χ0) is 17.6. The molecule has 7 nitrogen and oxygen atoms in total. The lowest BCUT2D eigenvalue weighted by Crippen LogP contribution is -2.29. The van der Waals surface area contributed by atoms with Gasteiger partial charge in [-0.1, -0.05) is 18.2 Å². The van der Waals surface area contributed by atoms with E-state index in [-0.39, 0.29) is 17.9 Å². The van der Waals surface area contributed by atoms with Crippen LogP contribution in [0.2, 0.25) is 0 Å². The summed E-state index contributed by atoms with van der Waals surface area (Å²) in [6.45, 7) is 2.71. The van der Waals surface area contributed by atoms with E-state index in [9.17, 15) is 9.59 Å². The van der Waals surface area contributed by atoms with Crippen LogP contribution in [0.25, 0.3) is 10.9 Å². The Labute approximate surface area is 144 Å². The minimum absolute atomic E-state index is 0.0189. The zero-order valence-electron chi connectivity index (χ0n) is 13.8. The summed E-state index contributed by atoms with van der Waals surface area (Å²) in [4.78, 5) is 28.3. The Morgan fingerprint density at radius 3 is 2.92 bits per heavy atom. The van der Waals surface area contributed by atoms with E-state index in [1.807, 2.05) is 19.1 Å². The molecule has 2 heterocycles. The Morgan fingerprint density at radius 1 is 1.24 bits per heavy atom. The number of hydrogen-bond acceptors (Lipinski definition) is 5. The van der Waals surface area contributed by atoms with Crippen molar-refractivity contribution in [1.29, 1.82) is 0 Å². The molecule has 0 unspecified atom stereocenters. The first kappa shape index (κ1) is 16.6. The van der Waals surface area contributed by atoms with Gasteiger partial charge in [0.25, 0.3) is 0 Å². The predicted molar refractivity (Wildman–Crippen MR) is 93.3 cm³/mol. The van der Waals surface area contributed by atoms with Crippen molar-refractivity contribution in [2.24, 2.45) is 0 Å². The molecule has 0 aliphatic carbocycles. The minimum atomic E-state index is -0.215. The lowest BCUT2D eigenvalue weighted by atomic mass is 10.2. The molecule has 3 rings (SSSR count). The van der Waals surface area contributed by atoms with Crippen LogP contribution in [-0.2, 0) is 17.9 Å². The quantitative estimate of drug-likeness (QED) is 0.736. The summed E-state index contributed by atoms with van der Waals surface area (Å²) in [5, 5.41) is 7.42. The molecule has 0 atom stereocenters. The van der Waals surface area contributed by atoms with Gasteiger partial charge >= 0.3 is 0 Å². The topological polar surface area (TPSA) is 86.1 Å². The maximum absolute atomic E-state index is 12.3. The number of carbonyl (C=O) groups excluding carboxylic acids is 1. The number of ether oxygens (including phenoxy) is 1. The lowest BCUT2D eigenvalue weighted by Gasteiger charge is -2.11. The van der Waals surface area contributed by atoms with Crippen molar-refractivity contribution in [3.8, 4) is 5.88 Å². The molecule has 1 aromatic carbocycles. The second-order valence-electron chi connectivity index (χ2n) is 5.36. The van der Waals surface area contributed by atoms with Gasteiger partial charge < -0.3 is 10.1 Å². The Morgan fingerprint density at radius 2 is 2.08 bits per heavy atom. The third-order valence-corrected chi connectivity index (χ3v) is 3.66. The van der Waals surface area contributed by atoms with Gasteiger partial charge in [-0.25, -0.2) is 4.98 Å². The molecule has 0 bridgehead atoms. The highest BCUT2D eigenvalue weighted by Crippen LogP contribution is 2.13. The first-order valence-corrected chi connectivity index (χ1v) is 7.97. The molecular weight excluding hydrogens is 320 g/mol. The van der Waals surface area contributed by atoms with Gasteiger partial charge in [0.1, 0.15) is 6.54 Å². The highest BCUT2D eigenvalue weighted by atomic mass is 16.5. The van der Waals surface area contributed by atoms with Crippen LogP contribution in [-0.4, -0.2) is 27.3 Å². The van der Waals surface area contributed by atoms with E-state index in [0.717, 1.165) is 5.56 Å². The van der Waals surface area contributed by atoms with Gasteiger partial charge in [-0.3, -0.25) is 14.3 Å². The number of nitrogens with zero attached hydrogens (tertiary/aromatic N) is 3. The van der Waals surface area contributed by atoms with Crippen LogP contribution in [0.15, 0.2) is 53.6 Å². The lowest BCUT2D eigenvalue weighted by molar-refractivity contribution is -0.121. The number of aromatic nitrogens is 3. The maximum atomic E-state index is 12.3. The molecule has 0 aliphatic heterocycles. The van der Waals surface area contributed by atoms with Gasteiger partial charge in [0.15, 0.2) is 0 Å². The molecule has 0 aliphatic rings. The standard InChI is InChI=1S/C18H18N4O3/c1-2-25-18-13(6-5-9-19-18)10-20-17(24)12-22-15-8-4-3-7-14(15)16(23)11-21-22/h3-9,11H,2,10,12H2,1H3,(H,20,24). The summed E-state index contributed by atoms with van der Waals surface area (Å²) in [6, 6.07) is 10.7. The van der Waals surface area contributed by atoms with Crippen LogP contribution in [0.5, 0.6) is 5.88 Å². The van der Waals surface area contributed by atoms with Crippen molar-refractivity contribution < 1.29 is 9.53 Å². The molecular formula is C18H18N4O3. The smallest absolute Gasteiger partial charge is 0.242 e. The third kappa shape index (κ3) is 3.82. The fraction of sp³-hybridized carbons (Fsp3) is 0.222. The Kier molecular flexibility index (Phi) is 5.03. The third-order valence-electron chi connectivity index (χ3n) is 3.66. The van der Waals surface area contributed by atoms with Gasteiger partial charge in [0.2, 0.25) is 17.2 Å². The molecule has 2 aromatic heterocycles. The largest absolute Gasteiger partial charge is 0.478 e. The average molecular weight is 338 g/mol. The molecule has 1 N–H and O–H groups in total. The number of para-hydroxylation sites is 1. The monoisotopic (exact) mass is 338 g/mol. The van der Waals surface area contributed by atoms with Crippen LogP contribution in [0, 0.1) is 0 Å². The van der Waals surface area contributed by atoms with E-state index in [4.69, 9.17) is 4.74 Å². The Bertz CT molecular complexity index is 952. The number of benzene rings is 1. The number of rotatable bonds is 6. The minimum Gasteiger partial charge on any atom is -0.478 e. The number of fused-ring (bicyclic) bond motifs is 1. The van der Waals surface area contributed by atoms with E-state index in [2.05, 4.69) is 15.4 Å². The van der Waals surface area contributed by atoms with Gasteiger partial charge in [-0.2, -0.15) is 5.10 Å². The van der Waals surface area contributed by atoms with Gasteiger partial charge in [0.05, 0.1) is 18.3 Å². The number of pyridine rings is 1. The number of carbonyl (C=O) groups is 1. The summed E-state index contributed by atoms with van der Waals surface area (Å²) in [6.07, 6.45) is 2.87. The Hall–Kier alpha value is -3.22. The van der Waals surface area contributed by atoms with E-state index >= 15 is 0 Å². The van der Waals surface area contributed by atoms with Gasteiger partial charge in [-0.05, 0) is 25.1 Å². The van der Waals surface area contributed by atoms with Gasteiger partial charge in [-0.15, -0.1) is 0 Å². The first-order chi connectivity index (χ1) is 12.2. The fourth-order valence-corrected chi connectivity index (χ4v) is 2.50. The summed E-state index contributed by atoms with van der Waals surface area (Å²) < 4.78 is 6.96. The molecule has 128 valence electrons. The van der Waals surface area contributed by atoms with Crippen molar-refractivity contribution >= 4 is 16.8 Å². The molecule has 1 amide bonds. The summed E-state index contributed by atoms with van der Waals surface area (Å²) >= 11 is 0. The van der Waals surface area contributed by atoms with Crippen LogP contribution >= 0.6 is 0 Å². The van der Waals surface area contributed by atoms with Crippen molar-refractivity contribution in [2.75, 3.05) is 6.61 Å². The molecule has 3 aromatic rings. The number of amides is 1. The van der Waals surface area contributed by atoms with E-state index in [1.165, 1.54) is 10.9 Å². The summed E-state index contributed by atoms with van der Waals surface area (Å²) in [5.41, 5.74) is 1.26. The summed E-state index contributed by atoms with van der Waals surface area (Å²) in [5.74, 6) is 0.296. The van der Waals surface area contributed by atoms with Crippen LogP contribution in [0.1, 0.15) is 12.5 Å². The Balaban J connectivity index is 1.72. The van der Waals surface area contributed by atoms with Crippen LogP contribution in [0.3, 0.4) is 0 Å². The molecule has 7 heteroatoms. The molecule has 0 saturated heterocycles. The number of hydrogen-bond donors (Lipinski definition) is 1. The molecule has 0 saturated carbocycles. The molecule has 0 spiro atoms. The highest BCUT2D eigenvalue weighted by molar-refractivity contribution is 5.81. The van der Waals surface area contributed by atoms with E-state index in [1.54, 1.807) is 30.5 Å². The fourth-order valence-electron chi connectivity index (χ4n) is 2.50. The van der Waals surface area contributed by atoms with Crippen molar-refractivity contribution in [3.05, 3.63) is 64.6 Å².